The molecule has 0 bridgehead atoms. The van der Waals surface area contributed by atoms with E-state index in [4.69, 9.17) is 21.1 Å². The maximum absolute atomic E-state index is 12.6. The highest BCUT2D eigenvalue weighted by molar-refractivity contribution is 6.31. The van der Waals surface area contributed by atoms with Gasteiger partial charge in [-0.25, -0.2) is 4.98 Å². The first-order chi connectivity index (χ1) is 13.5. The second-order valence-electron chi connectivity index (χ2n) is 6.03. The van der Waals surface area contributed by atoms with E-state index in [0.717, 1.165) is 5.56 Å². The van der Waals surface area contributed by atoms with Crippen molar-refractivity contribution in [2.24, 2.45) is 0 Å². The second kappa shape index (κ2) is 8.63. The van der Waals surface area contributed by atoms with Gasteiger partial charge in [-0.05, 0) is 48.9 Å². The van der Waals surface area contributed by atoms with Crippen molar-refractivity contribution in [2.75, 3.05) is 24.9 Å². The van der Waals surface area contributed by atoms with E-state index in [1.165, 1.54) is 0 Å². The summed E-state index contributed by atoms with van der Waals surface area (Å²) in [5.74, 6) is 1.54. The van der Waals surface area contributed by atoms with Gasteiger partial charge in [-0.3, -0.25) is 4.79 Å². The lowest BCUT2D eigenvalue weighted by Gasteiger charge is -2.13. The monoisotopic (exact) mass is 397 g/mol. The topological polar surface area (TPSA) is 72.5 Å². The Labute approximate surface area is 168 Å². The molecule has 0 saturated carbocycles. The van der Waals surface area contributed by atoms with Crippen LogP contribution >= 0.6 is 11.6 Å². The highest BCUT2D eigenvalue weighted by Crippen LogP contribution is 2.31. The first kappa shape index (κ1) is 19.5. The number of anilines is 3. The van der Waals surface area contributed by atoms with Gasteiger partial charge in [0.25, 0.3) is 5.91 Å². The summed E-state index contributed by atoms with van der Waals surface area (Å²) in [6.07, 6.45) is 1.57. The Hall–Kier alpha value is -3.25. The molecular formula is C21H20ClN3O3. The first-order valence-electron chi connectivity index (χ1n) is 8.53. The van der Waals surface area contributed by atoms with Gasteiger partial charge in [-0.1, -0.05) is 17.7 Å². The smallest absolute Gasteiger partial charge is 0.255 e. The number of hydrogen-bond donors (Lipinski definition) is 2. The highest BCUT2D eigenvalue weighted by Gasteiger charge is 2.11. The number of aromatic nitrogens is 1. The van der Waals surface area contributed by atoms with Crippen LogP contribution in [0, 0.1) is 6.92 Å². The summed E-state index contributed by atoms with van der Waals surface area (Å²) in [5, 5.41) is 6.60. The van der Waals surface area contributed by atoms with Crippen LogP contribution in [-0.2, 0) is 0 Å². The molecule has 144 valence electrons. The summed E-state index contributed by atoms with van der Waals surface area (Å²) in [4.78, 5) is 16.9. The van der Waals surface area contributed by atoms with Gasteiger partial charge in [0.1, 0.15) is 17.3 Å². The second-order valence-corrected chi connectivity index (χ2v) is 6.47. The summed E-state index contributed by atoms with van der Waals surface area (Å²) >= 11 is 6.02. The summed E-state index contributed by atoms with van der Waals surface area (Å²) in [7, 11) is 3.16. The van der Waals surface area contributed by atoms with E-state index in [0.29, 0.717) is 39.3 Å². The molecule has 2 N–H and O–H groups in total. The molecule has 3 rings (SSSR count). The maximum atomic E-state index is 12.6. The predicted octanol–water partition coefficient (Wildman–Crippen LogP) is 5.06. The SMILES string of the molecule is COc1ccc(Nc2cc(C(=O)Nc3cc(Cl)ccc3C)ccn2)c(OC)c1. The van der Waals surface area contributed by atoms with Crippen LogP contribution in [0.4, 0.5) is 17.2 Å². The number of aryl methyl sites for hydroxylation is 1. The largest absolute Gasteiger partial charge is 0.497 e. The minimum Gasteiger partial charge on any atom is -0.497 e. The van der Waals surface area contributed by atoms with Crippen LogP contribution in [0.15, 0.2) is 54.7 Å². The van der Waals surface area contributed by atoms with E-state index in [-0.39, 0.29) is 5.91 Å². The Morgan fingerprint density at radius 3 is 2.57 bits per heavy atom. The van der Waals surface area contributed by atoms with Crippen molar-refractivity contribution in [3.05, 3.63) is 70.9 Å². The van der Waals surface area contributed by atoms with Crippen molar-refractivity contribution in [1.29, 1.82) is 0 Å². The van der Waals surface area contributed by atoms with Crippen molar-refractivity contribution in [3.63, 3.8) is 0 Å². The molecule has 1 amide bonds. The molecule has 0 fully saturated rings. The molecule has 3 aromatic rings. The predicted molar refractivity (Wildman–Crippen MR) is 111 cm³/mol. The fraction of sp³-hybridized carbons (Fsp3) is 0.143. The van der Waals surface area contributed by atoms with Crippen LogP contribution in [0.25, 0.3) is 0 Å². The molecule has 1 aromatic heterocycles. The average Bonchev–Trinajstić information content (AvgIpc) is 2.71. The Bertz CT molecular complexity index is 1010. The van der Waals surface area contributed by atoms with Gasteiger partial charge in [0.15, 0.2) is 0 Å². The number of nitrogens with zero attached hydrogens (tertiary/aromatic N) is 1. The van der Waals surface area contributed by atoms with E-state index in [2.05, 4.69) is 15.6 Å². The number of carbonyl (C=O) groups is 1. The normalized spacial score (nSPS) is 10.3. The zero-order chi connectivity index (χ0) is 20.1. The van der Waals surface area contributed by atoms with Crippen molar-refractivity contribution in [2.45, 2.75) is 6.92 Å². The zero-order valence-corrected chi connectivity index (χ0v) is 16.5. The third-order valence-electron chi connectivity index (χ3n) is 4.14. The van der Waals surface area contributed by atoms with E-state index in [9.17, 15) is 4.79 Å². The first-order valence-corrected chi connectivity index (χ1v) is 8.90. The number of nitrogens with one attached hydrogen (secondary N) is 2. The van der Waals surface area contributed by atoms with Crippen LogP contribution in [0.5, 0.6) is 11.5 Å². The molecule has 6 nitrogen and oxygen atoms in total. The fourth-order valence-corrected chi connectivity index (χ4v) is 2.78. The zero-order valence-electron chi connectivity index (χ0n) is 15.7. The maximum Gasteiger partial charge on any atom is 0.255 e. The number of ether oxygens (including phenoxy) is 2. The van der Waals surface area contributed by atoms with E-state index in [1.54, 1.807) is 50.7 Å². The molecule has 1 heterocycles. The average molecular weight is 398 g/mol. The summed E-state index contributed by atoms with van der Waals surface area (Å²) < 4.78 is 10.6. The van der Waals surface area contributed by atoms with Gasteiger partial charge in [-0.2, -0.15) is 0 Å². The number of benzene rings is 2. The Morgan fingerprint density at radius 1 is 1.00 bits per heavy atom. The fourth-order valence-electron chi connectivity index (χ4n) is 2.60. The lowest BCUT2D eigenvalue weighted by molar-refractivity contribution is 0.102. The minimum absolute atomic E-state index is 0.252. The number of halogens is 1. The van der Waals surface area contributed by atoms with Crippen LogP contribution in [-0.4, -0.2) is 25.1 Å². The molecule has 0 atom stereocenters. The molecule has 0 radical (unpaired) electrons. The van der Waals surface area contributed by atoms with E-state index < -0.39 is 0 Å². The van der Waals surface area contributed by atoms with Gasteiger partial charge in [0, 0.05) is 28.5 Å². The summed E-state index contributed by atoms with van der Waals surface area (Å²) in [6, 6.07) is 14.1. The van der Waals surface area contributed by atoms with Crippen LogP contribution < -0.4 is 20.1 Å². The van der Waals surface area contributed by atoms with Gasteiger partial charge in [-0.15, -0.1) is 0 Å². The molecule has 2 aromatic carbocycles. The number of rotatable bonds is 6. The number of pyridine rings is 1. The molecule has 7 heteroatoms. The molecular weight excluding hydrogens is 378 g/mol. The van der Waals surface area contributed by atoms with Gasteiger partial charge in [0.2, 0.25) is 0 Å². The van der Waals surface area contributed by atoms with Crippen LogP contribution in [0.2, 0.25) is 5.02 Å². The van der Waals surface area contributed by atoms with E-state index in [1.807, 2.05) is 25.1 Å². The van der Waals surface area contributed by atoms with Gasteiger partial charge in [0.05, 0.1) is 19.9 Å². The van der Waals surface area contributed by atoms with Crippen molar-refractivity contribution in [3.8, 4) is 11.5 Å². The number of hydrogen-bond acceptors (Lipinski definition) is 5. The lowest BCUT2D eigenvalue weighted by atomic mass is 10.2. The number of methoxy groups -OCH3 is 2. The minimum atomic E-state index is -0.252. The lowest BCUT2D eigenvalue weighted by Crippen LogP contribution is -2.13. The van der Waals surface area contributed by atoms with Crippen molar-refractivity contribution < 1.29 is 14.3 Å². The Balaban J connectivity index is 1.80. The highest BCUT2D eigenvalue weighted by atomic mass is 35.5. The quantitative estimate of drug-likeness (QED) is 0.608. The van der Waals surface area contributed by atoms with Crippen LogP contribution in [0.3, 0.4) is 0 Å². The molecule has 0 aliphatic carbocycles. The number of carbonyl (C=O) groups excluding carboxylic acids is 1. The summed E-state index contributed by atoms with van der Waals surface area (Å²) in [6.45, 7) is 1.90. The van der Waals surface area contributed by atoms with Gasteiger partial charge >= 0.3 is 0 Å². The van der Waals surface area contributed by atoms with Gasteiger partial charge < -0.3 is 20.1 Å². The van der Waals surface area contributed by atoms with Crippen molar-refractivity contribution >= 4 is 34.7 Å². The van der Waals surface area contributed by atoms with E-state index >= 15 is 0 Å². The molecule has 0 saturated heterocycles. The summed E-state index contributed by atoms with van der Waals surface area (Å²) in [5.41, 5.74) is 2.76. The number of amides is 1. The Morgan fingerprint density at radius 2 is 1.82 bits per heavy atom. The molecule has 0 aliphatic rings. The third kappa shape index (κ3) is 4.53. The Kier molecular flexibility index (Phi) is 6.01. The molecule has 0 aliphatic heterocycles. The molecule has 28 heavy (non-hydrogen) atoms. The molecule has 0 unspecified atom stereocenters. The third-order valence-corrected chi connectivity index (χ3v) is 4.38. The van der Waals surface area contributed by atoms with Crippen molar-refractivity contribution in [1.82, 2.24) is 4.98 Å². The van der Waals surface area contributed by atoms with Crippen LogP contribution in [0.1, 0.15) is 15.9 Å². The standard InChI is InChI=1S/C21H20ClN3O3/c1-13-4-5-15(22)11-18(13)25-21(26)14-8-9-23-20(10-14)24-17-7-6-16(27-2)12-19(17)28-3/h4-12H,1-3H3,(H,23,24)(H,25,26). The molecule has 0 spiro atoms.